The highest BCUT2D eigenvalue weighted by Gasteiger charge is 2.26. The van der Waals surface area contributed by atoms with Gasteiger partial charge in [-0.1, -0.05) is 29.8 Å². The van der Waals surface area contributed by atoms with Crippen LogP contribution in [0, 0.1) is 12.7 Å². The number of hydrogen-bond donors (Lipinski definition) is 1. The van der Waals surface area contributed by atoms with Gasteiger partial charge < -0.3 is 10.2 Å². The molecule has 8 heteroatoms. The Morgan fingerprint density at radius 1 is 1.17 bits per heavy atom. The van der Waals surface area contributed by atoms with E-state index in [0.29, 0.717) is 42.5 Å². The molecule has 2 amide bonds. The third-order valence-corrected chi connectivity index (χ3v) is 5.29. The van der Waals surface area contributed by atoms with E-state index in [1.54, 1.807) is 33.8 Å². The molecular weight excluding hydrogens is 407 g/mol. The Hall–Kier alpha value is -3.19. The van der Waals surface area contributed by atoms with Gasteiger partial charge in [0, 0.05) is 36.4 Å². The third-order valence-electron chi connectivity index (χ3n) is 5.05. The number of nitrogens with one attached hydrogen (secondary N) is 1. The number of aryl methyl sites for hydroxylation is 2. The number of hydrogen-bond acceptors (Lipinski definition) is 3. The molecule has 2 aromatic carbocycles. The summed E-state index contributed by atoms with van der Waals surface area (Å²) in [5, 5.41) is 7.66. The molecule has 154 valence electrons. The van der Waals surface area contributed by atoms with Crippen molar-refractivity contribution in [3.8, 4) is 0 Å². The number of anilines is 1. The van der Waals surface area contributed by atoms with Gasteiger partial charge in [-0.15, -0.1) is 0 Å². The summed E-state index contributed by atoms with van der Waals surface area (Å²) < 4.78 is 14.7. The topological polar surface area (TPSA) is 67.2 Å². The number of carbonyl (C=O) groups excluding carboxylic acids is 2. The quantitative estimate of drug-likeness (QED) is 0.677. The van der Waals surface area contributed by atoms with E-state index in [9.17, 15) is 14.0 Å². The zero-order chi connectivity index (χ0) is 21.3. The van der Waals surface area contributed by atoms with Crippen molar-refractivity contribution in [1.82, 2.24) is 14.7 Å². The average Bonchev–Trinajstić information content (AvgIpc) is 3.09. The van der Waals surface area contributed by atoms with Crippen molar-refractivity contribution >= 4 is 29.1 Å². The van der Waals surface area contributed by atoms with Gasteiger partial charge >= 0.3 is 0 Å². The van der Waals surface area contributed by atoms with Crippen molar-refractivity contribution in [2.75, 3.05) is 11.9 Å². The summed E-state index contributed by atoms with van der Waals surface area (Å²) in [6.45, 7) is 3.33. The standard InChI is InChI=1S/C22H20ClFN4O2/c1-14-3-6-16(23)11-18(14)25-21(29)19-12-20-22(30)27(9-2-10-28(20)26-19)13-15-4-7-17(24)8-5-15/h3-8,11-12H,2,9-10,13H2,1H3,(H,25,29). The normalized spacial score (nSPS) is 13.7. The fourth-order valence-electron chi connectivity index (χ4n) is 3.42. The Morgan fingerprint density at radius 3 is 2.70 bits per heavy atom. The lowest BCUT2D eigenvalue weighted by atomic mass is 10.2. The van der Waals surface area contributed by atoms with Crippen molar-refractivity contribution in [3.05, 3.63) is 81.9 Å². The van der Waals surface area contributed by atoms with Crippen LogP contribution in [-0.4, -0.2) is 33.0 Å². The van der Waals surface area contributed by atoms with Crippen LogP contribution in [0.25, 0.3) is 0 Å². The molecule has 0 spiro atoms. The zero-order valence-corrected chi connectivity index (χ0v) is 17.1. The summed E-state index contributed by atoms with van der Waals surface area (Å²) in [5.41, 5.74) is 2.84. The van der Waals surface area contributed by atoms with E-state index in [1.807, 2.05) is 13.0 Å². The molecule has 2 heterocycles. The first-order valence-corrected chi connectivity index (χ1v) is 9.97. The summed E-state index contributed by atoms with van der Waals surface area (Å²) in [6, 6.07) is 12.8. The summed E-state index contributed by atoms with van der Waals surface area (Å²) in [7, 11) is 0. The first-order chi connectivity index (χ1) is 14.4. The highest BCUT2D eigenvalue weighted by atomic mass is 35.5. The van der Waals surface area contributed by atoms with Gasteiger partial charge in [-0.2, -0.15) is 5.10 Å². The third kappa shape index (κ3) is 4.21. The van der Waals surface area contributed by atoms with Crippen LogP contribution in [-0.2, 0) is 13.1 Å². The van der Waals surface area contributed by atoms with Gasteiger partial charge in [-0.25, -0.2) is 4.39 Å². The lowest BCUT2D eigenvalue weighted by Crippen LogP contribution is -2.30. The monoisotopic (exact) mass is 426 g/mol. The average molecular weight is 427 g/mol. The molecule has 1 aliphatic rings. The largest absolute Gasteiger partial charge is 0.333 e. The Bertz CT molecular complexity index is 1110. The van der Waals surface area contributed by atoms with Crippen LogP contribution in [0.2, 0.25) is 5.02 Å². The molecule has 0 saturated heterocycles. The molecule has 0 saturated carbocycles. The summed E-state index contributed by atoms with van der Waals surface area (Å²) in [6.07, 6.45) is 0.704. The second-order valence-electron chi connectivity index (χ2n) is 7.26. The minimum Gasteiger partial charge on any atom is -0.333 e. The molecule has 0 bridgehead atoms. The smallest absolute Gasteiger partial charge is 0.276 e. The molecule has 1 aliphatic heterocycles. The van der Waals surface area contributed by atoms with E-state index >= 15 is 0 Å². The van der Waals surface area contributed by atoms with E-state index in [2.05, 4.69) is 10.4 Å². The van der Waals surface area contributed by atoms with E-state index in [0.717, 1.165) is 11.1 Å². The molecule has 0 fully saturated rings. The van der Waals surface area contributed by atoms with E-state index in [4.69, 9.17) is 11.6 Å². The van der Waals surface area contributed by atoms with Gasteiger partial charge in [0.2, 0.25) is 0 Å². The van der Waals surface area contributed by atoms with E-state index in [-0.39, 0.29) is 17.4 Å². The Balaban J connectivity index is 1.54. The van der Waals surface area contributed by atoms with E-state index in [1.165, 1.54) is 18.2 Å². The van der Waals surface area contributed by atoms with Gasteiger partial charge in [0.15, 0.2) is 5.69 Å². The molecule has 6 nitrogen and oxygen atoms in total. The van der Waals surface area contributed by atoms with Crippen LogP contribution < -0.4 is 5.32 Å². The van der Waals surface area contributed by atoms with Gasteiger partial charge in [-0.05, 0) is 48.7 Å². The maximum atomic E-state index is 13.1. The minimum atomic E-state index is -0.404. The van der Waals surface area contributed by atoms with Gasteiger partial charge in [-0.3, -0.25) is 14.3 Å². The molecule has 0 atom stereocenters. The predicted molar refractivity (Wildman–Crippen MR) is 112 cm³/mol. The van der Waals surface area contributed by atoms with Crippen LogP contribution in [0.5, 0.6) is 0 Å². The molecule has 1 aromatic heterocycles. The molecule has 1 N–H and O–H groups in total. The summed E-state index contributed by atoms with van der Waals surface area (Å²) >= 11 is 6.02. The number of aromatic nitrogens is 2. The first kappa shape index (κ1) is 20.1. The van der Waals surface area contributed by atoms with Crippen LogP contribution in [0.1, 0.15) is 38.5 Å². The molecular formula is C22H20ClFN4O2. The van der Waals surface area contributed by atoms with Crippen molar-refractivity contribution in [2.45, 2.75) is 26.4 Å². The minimum absolute atomic E-state index is 0.168. The highest BCUT2D eigenvalue weighted by Crippen LogP contribution is 2.22. The molecule has 0 aliphatic carbocycles. The fourth-order valence-corrected chi connectivity index (χ4v) is 3.59. The number of nitrogens with zero attached hydrogens (tertiary/aromatic N) is 3. The van der Waals surface area contributed by atoms with Crippen LogP contribution in [0.15, 0.2) is 48.5 Å². The van der Waals surface area contributed by atoms with E-state index < -0.39 is 5.91 Å². The SMILES string of the molecule is Cc1ccc(Cl)cc1NC(=O)c1cc2n(n1)CCCN(Cc1ccc(F)cc1)C2=O. The molecule has 0 radical (unpaired) electrons. The van der Waals surface area contributed by atoms with Gasteiger partial charge in [0.05, 0.1) is 0 Å². The Labute approximate surface area is 178 Å². The number of rotatable bonds is 4. The molecule has 0 unspecified atom stereocenters. The predicted octanol–water partition coefficient (Wildman–Crippen LogP) is 4.28. The van der Waals surface area contributed by atoms with Crippen LogP contribution in [0.3, 0.4) is 0 Å². The maximum absolute atomic E-state index is 13.1. The fraction of sp³-hybridized carbons (Fsp3) is 0.227. The second kappa shape index (κ2) is 8.28. The van der Waals surface area contributed by atoms with Crippen LogP contribution in [0.4, 0.5) is 10.1 Å². The number of fused-ring (bicyclic) bond motifs is 1. The van der Waals surface area contributed by atoms with Crippen molar-refractivity contribution in [3.63, 3.8) is 0 Å². The Kier molecular flexibility index (Phi) is 5.55. The van der Waals surface area contributed by atoms with Crippen molar-refractivity contribution in [1.29, 1.82) is 0 Å². The van der Waals surface area contributed by atoms with Crippen molar-refractivity contribution in [2.24, 2.45) is 0 Å². The van der Waals surface area contributed by atoms with Crippen LogP contribution >= 0.6 is 11.6 Å². The summed E-state index contributed by atoms with van der Waals surface area (Å²) in [4.78, 5) is 27.4. The number of benzene rings is 2. The number of carbonyl (C=O) groups is 2. The van der Waals surface area contributed by atoms with Crippen molar-refractivity contribution < 1.29 is 14.0 Å². The molecule has 4 rings (SSSR count). The highest BCUT2D eigenvalue weighted by molar-refractivity contribution is 6.31. The number of halogens is 2. The lowest BCUT2D eigenvalue weighted by Gasteiger charge is -2.20. The zero-order valence-electron chi connectivity index (χ0n) is 16.4. The Morgan fingerprint density at radius 2 is 1.93 bits per heavy atom. The lowest BCUT2D eigenvalue weighted by molar-refractivity contribution is 0.0745. The maximum Gasteiger partial charge on any atom is 0.276 e. The number of amides is 2. The van der Waals surface area contributed by atoms with Gasteiger partial charge in [0.1, 0.15) is 11.5 Å². The second-order valence-corrected chi connectivity index (χ2v) is 7.69. The molecule has 3 aromatic rings. The van der Waals surface area contributed by atoms with Gasteiger partial charge in [0.25, 0.3) is 11.8 Å². The molecule has 30 heavy (non-hydrogen) atoms. The first-order valence-electron chi connectivity index (χ1n) is 9.60. The summed E-state index contributed by atoms with van der Waals surface area (Å²) in [5.74, 6) is -0.925.